The van der Waals surface area contributed by atoms with Crippen molar-refractivity contribution in [1.82, 2.24) is 4.98 Å². The summed E-state index contributed by atoms with van der Waals surface area (Å²) in [6, 6.07) is 7.81. The van der Waals surface area contributed by atoms with Crippen LogP contribution in [-0.4, -0.2) is 12.1 Å². The molecule has 28 heavy (non-hydrogen) atoms. The third kappa shape index (κ3) is 4.09. The topological polar surface area (TPSA) is 22.1 Å². The minimum absolute atomic E-state index is 0.120. The van der Waals surface area contributed by atoms with Gasteiger partial charge < -0.3 is 4.74 Å². The van der Waals surface area contributed by atoms with Gasteiger partial charge in [-0.25, -0.2) is 4.39 Å². The zero-order chi connectivity index (χ0) is 20.7. The van der Waals surface area contributed by atoms with Crippen molar-refractivity contribution >= 4 is 0 Å². The highest BCUT2D eigenvalue weighted by Crippen LogP contribution is 2.42. The van der Waals surface area contributed by atoms with Gasteiger partial charge in [0.25, 0.3) is 0 Å². The van der Waals surface area contributed by atoms with Crippen LogP contribution in [0.4, 0.5) is 4.39 Å². The Hall–Kier alpha value is -1.90. The van der Waals surface area contributed by atoms with Gasteiger partial charge in [0, 0.05) is 34.2 Å². The first-order chi connectivity index (χ1) is 13.0. The number of ether oxygens (including phenoxy) is 1. The number of hydrogen-bond donors (Lipinski definition) is 0. The van der Waals surface area contributed by atoms with Crippen molar-refractivity contribution in [3.8, 4) is 16.9 Å². The van der Waals surface area contributed by atoms with Gasteiger partial charge in [-0.2, -0.15) is 0 Å². The lowest BCUT2D eigenvalue weighted by atomic mass is 9.81. The Morgan fingerprint density at radius 1 is 0.929 bits per heavy atom. The van der Waals surface area contributed by atoms with Gasteiger partial charge in [-0.15, -0.1) is 0 Å². The number of methoxy groups -OCH3 is 1. The highest BCUT2D eigenvalue weighted by Gasteiger charge is 2.28. The van der Waals surface area contributed by atoms with E-state index < -0.39 is 0 Å². The van der Waals surface area contributed by atoms with Crippen LogP contribution < -0.4 is 4.74 Å². The van der Waals surface area contributed by atoms with E-state index in [-0.39, 0.29) is 16.6 Å². The van der Waals surface area contributed by atoms with E-state index in [1.54, 1.807) is 7.11 Å². The maximum absolute atomic E-state index is 14.7. The Kier molecular flexibility index (Phi) is 5.58. The second-order valence-electron chi connectivity index (χ2n) is 10.1. The molecule has 3 rings (SSSR count). The van der Waals surface area contributed by atoms with Gasteiger partial charge in [0.1, 0.15) is 11.6 Å². The van der Waals surface area contributed by atoms with Crippen LogP contribution in [0.3, 0.4) is 0 Å². The molecule has 1 saturated carbocycles. The van der Waals surface area contributed by atoms with Gasteiger partial charge >= 0.3 is 0 Å². The predicted molar refractivity (Wildman–Crippen MR) is 115 cm³/mol. The minimum Gasteiger partial charge on any atom is -0.496 e. The molecule has 0 atom stereocenters. The summed E-state index contributed by atoms with van der Waals surface area (Å²) in [5.74, 6) is 0.905. The van der Waals surface area contributed by atoms with Crippen molar-refractivity contribution in [2.45, 2.75) is 84.0 Å². The normalized spacial score (nSPS) is 15.9. The van der Waals surface area contributed by atoms with Crippen LogP contribution in [0.1, 0.15) is 90.1 Å². The van der Waals surface area contributed by atoms with Crippen LogP contribution in [0.15, 0.2) is 24.3 Å². The number of rotatable bonds is 3. The van der Waals surface area contributed by atoms with Gasteiger partial charge in [-0.3, -0.25) is 4.98 Å². The average Bonchev–Trinajstić information content (AvgIpc) is 3.13. The van der Waals surface area contributed by atoms with E-state index >= 15 is 0 Å². The number of hydrogen-bond acceptors (Lipinski definition) is 2. The van der Waals surface area contributed by atoms with Crippen LogP contribution >= 0.6 is 0 Å². The maximum atomic E-state index is 14.7. The molecule has 1 aliphatic rings. The van der Waals surface area contributed by atoms with E-state index in [4.69, 9.17) is 9.72 Å². The molecule has 152 valence electrons. The molecule has 0 radical (unpaired) electrons. The summed E-state index contributed by atoms with van der Waals surface area (Å²) < 4.78 is 20.3. The Morgan fingerprint density at radius 2 is 1.57 bits per heavy atom. The predicted octanol–water partition coefficient (Wildman–Crippen LogP) is 7.15. The SMILES string of the molecule is COc1cc(F)c(C(C)(C)C)cc1-c1ccc(C2CCCC2)nc1C(C)(C)C. The Balaban J connectivity index is 2.22. The standard InChI is InChI=1S/C25H34FNO/c1-24(2,3)19-14-18(22(28-7)15-20(19)26)17-12-13-21(16-10-8-9-11-16)27-23(17)25(4,5)6/h12-16H,8-11H2,1-7H3. The fraction of sp³-hybridized carbons (Fsp3) is 0.560. The minimum atomic E-state index is -0.287. The van der Waals surface area contributed by atoms with E-state index in [0.717, 1.165) is 16.8 Å². The van der Waals surface area contributed by atoms with E-state index in [1.165, 1.54) is 37.4 Å². The second kappa shape index (κ2) is 7.50. The summed E-state index contributed by atoms with van der Waals surface area (Å²) in [5, 5.41) is 0. The van der Waals surface area contributed by atoms with Gasteiger partial charge in [-0.1, -0.05) is 60.5 Å². The van der Waals surface area contributed by atoms with Crippen molar-refractivity contribution in [3.63, 3.8) is 0 Å². The number of nitrogens with zero attached hydrogens (tertiary/aromatic N) is 1. The first-order valence-corrected chi connectivity index (χ1v) is 10.4. The zero-order valence-corrected chi connectivity index (χ0v) is 18.4. The zero-order valence-electron chi connectivity index (χ0n) is 18.4. The molecule has 1 heterocycles. The maximum Gasteiger partial charge on any atom is 0.130 e. The summed E-state index contributed by atoms with van der Waals surface area (Å²) in [6.45, 7) is 12.7. The van der Waals surface area contributed by atoms with E-state index in [2.05, 4.69) is 32.9 Å². The first kappa shape index (κ1) is 20.8. The molecule has 0 aliphatic heterocycles. The number of benzene rings is 1. The second-order valence-corrected chi connectivity index (χ2v) is 10.1. The Labute approximate surface area is 169 Å². The van der Waals surface area contributed by atoms with Crippen molar-refractivity contribution in [3.05, 3.63) is 47.0 Å². The first-order valence-electron chi connectivity index (χ1n) is 10.4. The molecule has 0 bridgehead atoms. The molecule has 1 aromatic heterocycles. The molecule has 1 fully saturated rings. The molecule has 2 aromatic rings. The highest BCUT2D eigenvalue weighted by molar-refractivity contribution is 5.74. The summed E-state index contributed by atoms with van der Waals surface area (Å²) in [7, 11) is 1.60. The molecule has 0 amide bonds. The third-order valence-corrected chi connectivity index (χ3v) is 5.79. The fourth-order valence-electron chi connectivity index (χ4n) is 4.22. The monoisotopic (exact) mass is 383 g/mol. The van der Waals surface area contributed by atoms with Crippen LogP contribution in [0.2, 0.25) is 0 Å². The van der Waals surface area contributed by atoms with Crippen molar-refractivity contribution < 1.29 is 9.13 Å². The fourth-order valence-corrected chi connectivity index (χ4v) is 4.22. The lowest BCUT2D eigenvalue weighted by Crippen LogP contribution is -2.18. The molecule has 0 spiro atoms. The van der Waals surface area contributed by atoms with E-state index in [9.17, 15) is 4.39 Å². The molecular formula is C25H34FNO. The summed E-state index contributed by atoms with van der Waals surface area (Å²) in [5.41, 5.74) is 4.50. The lowest BCUT2D eigenvalue weighted by Gasteiger charge is -2.26. The van der Waals surface area contributed by atoms with Crippen molar-refractivity contribution in [2.75, 3.05) is 7.11 Å². The number of halogens is 1. The molecule has 1 aromatic carbocycles. The van der Waals surface area contributed by atoms with Crippen LogP contribution in [0, 0.1) is 5.82 Å². The van der Waals surface area contributed by atoms with E-state index in [1.807, 2.05) is 26.8 Å². The molecule has 1 aliphatic carbocycles. The lowest BCUT2D eigenvalue weighted by molar-refractivity contribution is 0.410. The molecular weight excluding hydrogens is 349 g/mol. The van der Waals surface area contributed by atoms with Crippen LogP contribution in [0.5, 0.6) is 5.75 Å². The quantitative estimate of drug-likeness (QED) is 0.561. The molecule has 0 unspecified atom stereocenters. The summed E-state index contributed by atoms with van der Waals surface area (Å²) in [4.78, 5) is 5.14. The van der Waals surface area contributed by atoms with E-state index in [0.29, 0.717) is 17.2 Å². The molecule has 0 N–H and O–H groups in total. The smallest absolute Gasteiger partial charge is 0.130 e. The Bertz CT molecular complexity index is 852. The number of aromatic nitrogens is 1. The molecule has 3 heteroatoms. The van der Waals surface area contributed by atoms with Gasteiger partial charge in [0.2, 0.25) is 0 Å². The van der Waals surface area contributed by atoms with Crippen molar-refractivity contribution in [2.24, 2.45) is 0 Å². The third-order valence-electron chi connectivity index (χ3n) is 5.79. The van der Waals surface area contributed by atoms with Crippen LogP contribution in [0.25, 0.3) is 11.1 Å². The molecule has 0 saturated heterocycles. The highest BCUT2D eigenvalue weighted by atomic mass is 19.1. The van der Waals surface area contributed by atoms with Crippen molar-refractivity contribution in [1.29, 1.82) is 0 Å². The van der Waals surface area contributed by atoms with Gasteiger partial charge in [0.05, 0.1) is 12.8 Å². The molecule has 2 nitrogen and oxygen atoms in total. The number of pyridine rings is 1. The van der Waals surface area contributed by atoms with Gasteiger partial charge in [-0.05, 0) is 36.0 Å². The summed E-state index contributed by atoms with van der Waals surface area (Å²) in [6.07, 6.45) is 5.04. The average molecular weight is 384 g/mol. The van der Waals surface area contributed by atoms with Crippen LogP contribution in [-0.2, 0) is 10.8 Å². The summed E-state index contributed by atoms with van der Waals surface area (Å²) >= 11 is 0. The van der Waals surface area contributed by atoms with Gasteiger partial charge in [0.15, 0.2) is 0 Å². The largest absolute Gasteiger partial charge is 0.496 e. The Morgan fingerprint density at radius 3 is 2.11 bits per heavy atom.